The van der Waals surface area contributed by atoms with E-state index in [1.807, 2.05) is 6.92 Å². The van der Waals surface area contributed by atoms with E-state index in [-0.39, 0.29) is 0 Å². The van der Waals surface area contributed by atoms with E-state index in [0.717, 1.165) is 35.7 Å². The molecular formula is C11H15N3O2. The average molecular weight is 221 g/mol. The van der Waals surface area contributed by atoms with Gasteiger partial charge in [0.05, 0.1) is 11.4 Å². The maximum atomic E-state index is 5.12. The molecule has 2 aromatic rings. The second-order valence-corrected chi connectivity index (χ2v) is 3.60. The summed E-state index contributed by atoms with van der Waals surface area (Å²) >= 11 is 0. The van der Waals surface area contributed by atoms with E-state index in [4.69, 9.17) is 8.94 Å². The first-order valence-electron chi connectivity index (χ1n) is 5.33. The van der Waals surface area contributed by atoms with Crippen LogP contribution in [0.1, 0.15) is 29.6 Å². The number of nitrogens with one attached hydrogen (secondary N) is 1. The van der Waals surface area contributed by atoms with Crippen LogP contribution in [0.5, 0.6) is 0 Å². The molecule has 0 unspecified atom stereocenters. The highest BCUT2D eigenvalue weighted by Gasteiger charge is 2.06. The Labute approximate surface area is 93.8 Å². The van der Waals surface area contributed by atoms with Gasteiger partial charge in [-0.25, -0.2) is 4.98 Å². The minimum Gasteiger partial charge on any atom is -0.448 e. The highest BCUT2D eigenvalue weighted by molar-refractivity contribution is 5.14. The Hall–Kier alpha value is -1.62. The van der Waals surface area contributed by atoms with Gasteiger partial charge < -0.3 is 14.3 Å². The zero-order valence-electron chi connectivity index (χ0n) is 9.49. The first-order chi connectivity index (χ1) is 7.81. The number of nitrogens with zero attached hydrogens (tertiary/aromatic N) is 2. The first kappa shape index (κ1) is 10.9. The quantitative estimate of drug-likeness (QED) is 0.834. The normalized spacial score (nSPS) is 10.9. The lowest BCUT2D eigenvalue weighted by atomic mass is 10.2. The van der Waals surface area contributed by atoms with E-state index in [1.54, 1.807) is 6.26 Å². The van der Waals surface area contributed by atoms with E-state index in [9.17, 15) is 0 Å². The summed E-state index contributed by atoms with van der Waals surface area (Å²) in [6.07, 6.45) is 4.03. The minimum atomic E-state index is 0.691. The molecule has 0 saturated carbocycles. The monoisotopic (exact) mass is 221 g/mol. The van der Waals surface area contributed by atoms with Gasteiger partial charge in [0.15, 0.2) is 6.39 Å². The Bertz CT molecular complexity index is 448. The molecule has 2 aromatic heterocycles. The maximum absolute atomic E-state index is 5.12. The molecule has 0 fully saturated rings. The highest BCUT2D eigenvalue weighted by atomic mass is 16.5. The van der Waals surface area contributed by atoms with Crippen LogP contribution in [-0.2, 0) is 19.5 Å². The Balaban J connectivity index is 1.87. The lowest BCUT2D eigenvalue weighted by molar-refractivity contribution is 0.411. The third-order valence-corrected chi connectivity index (χ3v) is 2.52. The highest BCUT2D eigenvalue weighted by Crippen LogP contribution is 2.08. The van der Waals surface area contributed by atoms with E-state index >= 15 is 0 Å². The third kappa shape index (κ3) is 2.30. The number of hydrogen-bond donors (Lipinski definition) is 1. The summed E-state index contributed by atoms with van der Waals surface area (Å²) in [5.74, 6) is 0.855. The van der Waals surface area contributed by atoms with Crippen molar-refractivity contribution >= 4 is 0 Å². The molecule has 0 atom stereocenters. The Kier molecular flexibility index (Phi) is 3.36. The van der Waals surface area contributed by atoms with Crippen molar-refractivity contribution in [1.29, 1.82) is 0 Å². The molecule has 0 aromatic carbocycles. The molecule has 2 heterocycles. The first-order valence-corrected chi connectivity index (χ1v) is 5.33. The second kappa shape index (κ2) is 4.94. The van der Waals surface area contributed by atoms with Gasteiger partial charge in [0.2, 0.25) is 0 Å². The van der Waals surface area contributed by atoms with Crippen molar-refractivity contribution in [3.8, 4) is 0 Å². The van der Waals surface area contributed by atoms with Crippen LogP contribution in [0.25, 0.3) is 0 Å². The van der Waals surface area contributed by atoms with E-state index in [0.29, 0.717) is 6.54 Å². The zero-order chi connectivity index (χ0) is 11.4. The third-order valence-electron chi connectivity index (χ3n) is 2.52. The predicted molar refractivity (Wildman–Crippen MR) is 57.7 cm³/mol. The Morgan fingerprint density at radius 3 is 2.88 bits per heavy atom. The molecule has 0 amide bonds. The molecular weight excluding hydrogens is 206 g/mol. The molecule has 0 bridgehead atoms. The Morgan fingerprint density at radius 2 is 2.19 bits per heavy atom. The predicted octanol–water partition coefficient (Wildman–Crippen LogP) is 1.82. The summed E-state index contributed by atoms with van der Waals surface area (Å²) < 4.78 is 10.0. The molecule has 0 spiro atoms. The second-order valence-electron chi connectivity index (χ2n) is 3.60. The van der Waals surface area contributed by atoms with Crippen molar-refractivity contribution in [2.75, 3.05) is 0 Å². The molecule has 0 aliphatic rings. The minimum absolute atomic E-state index is 0.691. The molecule has 1 N–H and O–H groups in total. The lowest BCUT2D eigenvalue weighted by Crippen LogP contribution is -2.14. The number of rotatable bonds is 5. The van der Waals surface area contributed by atoms with E-state index < -0.39 is 0 Å². The molecule has 0 saturated heterocycles. The molecule has 0 radical (unpaired) electrons. The average Bonchev–Trinajstić information content (AvgIpc) is 2.88. The molecule has 0 aliphatic carbocycles. The molecule has 16 heavy (non-hydrogen) atoms. The van der Waals surface area contributed by atoms with Crippen LogP contribution < -0.4 is 5.32 Å². The van der Waals surface area contributed by atoms with Gasteiger partial charge >= 0.3 is 0 Å². The molecule has 5 nitrogen and oxygen atoms in total. The van der Waals surface area contributed by atoms with Crippen molar-refractivity contribution < 1.29 is 8.94 Å². The van der Waals surface area contributed by atoms with Gasteiger partial charge in [0.1, 0.15) is 12.0 Å². The summed E-state index contributed by atoms with van der Waals surface area (Å²) in [5.41, 5.74) is 3.04. The van der Waals surface area contributed by atoms with Crippen LogP contribution in [0.15, 0.2) is 21.6 Å². The number of aryl methyl sites for hydroxylation is 2. The van der Waals surface area contributed by atoms with Crippen LogP contribution in [0, 0.1) is 6.92 Å². The summed E-state index contributed by atoms with van der Waals surface area (Å²) in [6, 6.07) is 0. The molecule has 5 heteroatoms. The number of aromatic nitrogens is 2. The van der Waals surface area contributed by atoms with Gasteiger partial charge in [-0.1, -0.05) is 12.1 Å². The van der Waals surface area contributed by atoms with Crippen LogP contribution in [0.4, 0.5) is 0 Å². The van der Waals surface area contributed by atoms with Gasteiger partial charge in [-0.15, -0.1) is 0 Å². The molecule has 86 valence electrons. The van der Waals surface area contributed by atoms with Gasteiger partial charge in [0.25, 0.3) is 0 Å². The van der Waals surface area contributed by atoms with Crippen LogP contribution >= 0.6 is 0 Å². The van der Waals surface area contributed by atoms with Crippen molar-refractivity contribution in [3.63, 3.8) is 0 Å². The van der Waals surface area contributed by atoms with Crippen LogP contribution in [0.2, 0.25) is 0 Å². The fraction of sp³-hybridized carbons (Fsp3) is 0.455. The summed E-state index contributed by atoms with van der Waals surface area (Å²) in [7, 11) is 0. The standard InChI is InChI=1S/C11H15N3O2/c1-3-10-9(6-16-14-10)4-12-5-11-8(2)15-7-13-11/h6-7,12H,3-5H2,1-2H3. The van der Waals surface area contributed by atoms with Gasteiger partial charge in [-0.3, -0.25) is 0 Å². The van der Waals surface area contributed by atoms with Gasteiger partial charge in [-0.05, 0) is 13.3 Å². The van der Waals surface area contributed by atoms with Crippen molar-refractivity contribution in [1.82, 2.24) is 15.5 Å². The Morgan fingerprint density at radius 1 is 1.31 bits per heavy atom. The summed E-state index contributed by atoms with van der Waals surface area (Å²) in [6.45, 7) is 5.39. The zero-order valence-corrected chi connectivity index (χ0v) is 9.49. The van der Waals surface area contributed by atoms with Gasteiger partial charge in [0, 0.05) is 18.7 Å². The fourth-order valence-corrected chi connectivity index (χ4v) is 1.53. The van der Waals surface area contributed by atoms with E-state index in [2.05, 4.69) is 22.4 Å². The summed E-state index contributed by atoms with van der Waals surface area (Å²) in [5, 5.41) is 7.20. The van der Waals surface area contributed by atoms with E-state index in [1.165, 1.54) is 6.39 Å². The van der Waals surface area contributed by atoms with Crippen molar-refractivity contribution in [2.45, 2.75) is 33.4 Å². The molecule has 0 aliphatic heterocycles. The lowest BCUT2D eigenvalue weighted by Gasteiger charge is -2.01. The SMILES string of the molecule is CCc1nocc1CNCc1ncoc1C. The van der Waals surface area contributed by atoms with Crippen LogP contribution in [0.3, 0.4) is 0 Å². The maximum Gasteiger partial charge on any atom is 0.181 e. The fourth-order valence-electron chi connectivity index (χ4n) is 1.53. The largest absolute Gasteiger partial charge is 0.448 e. The summed E-state index contributed by atoms with van der Waals surface area (Å²) in [4.78, 5) is 4.11. The van der Waals surface area contributed by atoms with Crippen molar-refractivity contribution in [2.24, 2.45) is 0 Å². The van der Waals surface area contributed by atoms with Crippen LogP contribution in [-0.4, -0.2) is 10.1 Å². The topological polar surface area (TPSA) is 64.1 Å². The van der Waals surface area contributed by atoms with Gasteiger partial charge in [-0.2, -0.15) is 0 Å². The number of hydrogen-bond acceptors (Lipinski definition) is 5. The van der Waals surface area contributed by atoms with Crippen molar-refractivity contribution in [3.05, 3.63) is 35.4 Å². The number of oxazole rings is 1. The smallest absolute Gasteiger partial charge is 0.181 e. The molecule has 2 rings (SSSR count).